The third-order valence-electron chi connectivity index (χ3n) is 0.558. The van der Waals surface area contributed by atoms with Crippen LogP contribution in [0, 0.1) is 0 Å². The van der Waals surface area contributed by atoms with E-state index < -0.39 is 0 Å². The van der Waals surface area contributed by atoms with Crippen molar-refractivity contribution in [2.45, 2.75) is 12.5 Å². The molecule has 0 spiro atoms. The highest BCUT2D eigenvalue weighted by atomic mass is 31.0. The van der Waals surface area contributed by atoms with Crippen LogP contribution >= 0.6 is 9.24 Å². The Bertz CT molecular complexity index is 14.4. The van der Waals surface area contributed by atoms with Crippen molar-refractivity contribution in [2.75, 3.05) is 6.16 Å². The molecule has 0 nitrogen and oxygen atoms in total. The monoisotopic (exact) mass is 106 g/mol. The molecule has 0 aromatic carbocycles. The highest BCUT2D eigenvalue weighted by molar-refractivity contribution is 7.16. The van der Waals surface area contributed by atoms with Crippen LogP contribution in [0.2, 0.25) is 6.04 Å². The van der Waals surface area contributed by atoms with E-state index in [0.29, 0.717) is 0 Å². The van der Waals surface area contributed by atoms with Crippen LogP contribution in [0.3, 0.4) is 0 Å². The molecule has 0 saturated heterocycles. The van der Waals surface area contributed by atoms with Crippen molar-refractivity contribution < 1.29 is 0 Å². The molecule has 0 aliphatic rings. The second-order valence-electron chi connectivity index (χ2n) is 1.14. The fourth-order valence-electron chi connectivity index (χ4n) is 0.204. The fourth-order valence-corrected chi connectivity index (χ4v) is 1.84. The molecule has 0 aromatic rings. The highest BCUT2D eigenvalue weighted by Crippen LogP contribution is 1.88. The maximum absolute atomic E-state index is 2.72. The average Bonchev–Trinajstić information content (AvgIpc) is 1.41. The first-order valence-corrected chi connectivity index (χ1v) is 4.35. The predicted molar refractivity (Wildman–Crippen MR) is 33.9 cm³/mol. The van der Waals surface area contributed by atoms with Gasteiger partial charge in [0.05, 0.1) is 0 Å². The molecule has 1 unspecified atom stereocenters. The number of hydrogen-bond acceptors (Lipinski definition) is 0. The number of rotatable bonds is 2. The summed E-state index contributed by atoms with van der Waals surface area (Å²) in [5, 5.41) is 0. The maximum atomic E-state index is 2.72. The first-order chi connectivity index (χ1) is 2.41. The van der Waals surface area contributed by atoms with E-state index in [2.05, 4.69) is 9.24 Å². The van der Waals surface area contributed by atoms with Crippen LogP contribution in [0.25, 0.3) is 0 Å². The molecular formula is C3H11PSi. The van der Waals surface area contributed by atoms with Gasteiger partial charge < -0.3 is 0 Å². The summed E-state index contributed by atoms with van der Waals surface area (Å²) in [6.45, 7) is 0. The van der Waals surface area contributed by atoms with Gasteiger partial charge in [0.2, 0.25) is 0 Å². The van der Waals surface area contributed by atoms with E-state index >= 15 is 0 Å². The SMILES string of the molecule is [SiH3]CCCP. The lowest BCUT2D eigenvalue weighted by molar-refractivity contribution is 1.10. The maximum Gasteiger partial charge on any atom is 0.00281 e. The van der Waals surface area contributed by atoms with Crippen LogP contribution in [0.4, 0.5) is 0 Å². The summed E-state index contributed by atoms with van der Waals surface area (Å²) in [4.78, 5) is 0. The van der Waals surface area contributed by atoms with Gasteiger partial charge in [-0.25, -0.2) is 0 Å². The Balaban J connectivity index is 2.19. The Labute approximate surface area is 39.0 Å². The van der Waals surface area contributed by atoms with Crippen molar-refractivity contribution in [2.24, 2.45) is 0 Å². The molecule has 0 amide bonds. The lowest BCUT2D eigenvalue weighted by Crippen LogP contribution is -1.68. The van der Waals surface area contributed by atoms with Gasteiger partial charge in [-0.1, -0.05) is 12.5 Å². The van der Waals surface area contributed by atoms with Crippen LogP contribution in [0.1, 0.15) is 6.42 Å². The molecule has 0 aliphatic heterocycles. The van der Waals surface area contributed by atoms with Crippen LogP contribution < -0.4 is 0 Å². The minimum absolute atomic E-state index is 1.30. The Morgan fingerprint density at radius 1 is 1.60 bits per heavy atom. The van der Waals surface area contributed by atoms with E-state index in [1.165, 1.54) is 28.9 Å². The summed E-state index contributed by atoms with van der Waals surface area (Å²) in [6, 6.07) is 1.46. The predicted octanol–water partition coefficient (Wildman–Crippen LogP) is 0.0353. The molecule has 0 N–H and O–H groups in total. The molecule has 0 saturated carbocycles. The minimum atomic E-state index is 1.30. The van der Waals surface area contributed by atoms with E-state index in [-0.39, 0.29) is 0 Å². The van der Waals surface area contributed by atoms with Crippen LogP contribution in [0.15, 0.2) is 0 Å². The first-order valence-electron chi connectivity index (χ1n) is 2.12. The van der Waals surface area contributed by atoms with Gasteiger partial charge in [-0.3, -0.25) is 0 Å². The summed E-state index contributed by atoms with van der Waals surface area (Å²) in [5.74, 6) is 0. The molecule has 0 radical (unpaired) electrons. The molecule has 2 heteroatoms. The largest absolute Gasteiger partial charge is 0.138 e. The van der Waals surface area contributed by atoms with E-state index in [0.717, 1.165) is 0 Å². The number of hydrogen-bond donors (Lipinski definition) is 0. The molecule has 0 aliphatic carbocycles. The van der Waals surface area contributed by atoms with E-state index in [4.69, 9.17) is 0 Å². The first kappa shape index (κ1) is 5.65. The molecule has 0 rings (SSSR count). The molecule has 0 heterocycles. The van der Waals surface area contributed by atoms with Crippen molar-refractivity contribution in [3.8, 4) is 0 Å². The Hall–Kier alpha value is 0.647. The van der Waals surface area contributed by atoms with Crippen molar-refractivity contribution in [1.29, 1.82) is 0 Å². The van der Waals surface area contributed by atoms with Crippen LogP contribution in [-0.4, -0.2) is 16.4 Å². The fraction of sp³-hybridized carbons (Fsp3) is 1.00. The van der Waals surface area contributed by atoms with E-state index in [9.17, 15) is 0 Å². The van der Waals surface area contributed by atoms with E-state index in [1.54, 1.807) is 0 Å². The summed E-state index contributed by atoms with van der Waals surface area (Å²) in [5.41, 5.74) is 0. The molecular weight excluding hydrogens is 95.1 g/mol. The summed E-state index contributed by atoms with van der Waals surface area (Å²) < 4.78 is 0. The zero-order chi connectivity index (χ0) is 4.12. The molecule has 32 valence electrons. The Morgan fingerprint density at radius 2 is 2.20 bits per heavy atom. The van der Waals surface area contributed by atoms with Crippen LogP contribution in [0.5, 0.6) is 0 Å². The third kappa shape index (κ3) is 4.65. The van der Waals surface area contributed by atoms with Crippen molar-refractivity contribution >= 4 is 19.5 Å². The Kier molecular flexibility index (Phi) is 5.25. The Morgan fingerprint density at radius 3 is 2.20 bits per heavy atom. The van der Waals surface area contributed by atoms with Gasteiger partial charge in [-0.2, -0.15) is 0 Å². The van der Waals surface area contributed by atoms with Crippen molar-refractivity contribution in [1.82, 2.24) is 0 Å². The van der Waals surface area contributed by atoms with Gasteiger partial charge in [0, 0.05) is 10.2 Å². The average molecular weight is 106 g/mol. The standard InChI is InChI=1S/C3H11PSi/c4-2-1-3-5/h1-4H2,5H3. The smallest absolute Gasteiger partial charge is 0.00281 e. The quantitative estimate of drug-likeness (QED) is 0.344. The van der Waals surface area contributed by atoms with Crippen molar-refractivity contribution in [3.05, 3.63) is 0 Å². The molecule has 0 bridgehead atoms. The highest BCUT2D eigenvalue weighted by Gasteiger charge is 1.68. The van der Waals surface area contributed by atoms with Gasteiger partial charge in [-0.05, 0) is 6.16 Å². The van der Waals surface area contributed by atoms with Gasteiger partial charge in [0.25, 0.3) is 0 Å². The van der Waals surface area contributed by atoms with Crippen molar-refractivity contribution in [3.63, 3.8) is 0 Å². The van der Waals surface area contributed by atoms with E-state index in [1.807, 2.05) is 0 Å². The molecule has 0 aromatic heterocycles. The zero-order valence-electron chi connectivity index (χ0n) is 3.70. The molecule has 1 atom stereocenters. The summed E-state index contributed by atoms with van der Waals surface area (Å²) in [7, 11) is 4.11. The normalized spacial score (nSPS) is 9.00. The lowest BCUT2D eigenvalue weighted by atomic mass is 10.6. The zero-order valence-corrected chi connectivity index (χ0v) is 6.85. The summed E-state index contributed by atoms with van der Waals surface area (Å²) in [6.07, 6.45) is 2.71. The summed E-state index contributed by atoms with van der Waals surface area (Å²) >= 11 is 0. The van der Waals surface area contributed by atoms with Gasteiger partial charge in [0.1, 0.15) is 0 Å². The molecule has 5 heavy (non-hydrogen) atoms. The van der Waals surface area contributed by atoms with Gasteiger partial charge >= 0.3 is 0 Å². The van der Waals surface area contributed by atoms with Gasteiger partial charge in [0.15, 0.2) is 0 Å². The lowest BCUT2D eigenvalue weighted by Gasteiger charge is -1.79. The second-order valence-corrected chi connectivity index (χ2v) is 2.72. The topological polar surface area (TPSA) is 0 Å². The molecule has 0 fully saturated rings. The third-order valence-corrected chi connectivity index (χ3v) is 1.67. The van der Waals surface area contributed by atoms with Gasteiger partial charge in [-0.15, -0.1) is 9.24 Å². The minimum Gasteiger partial charge on any atom is -0.138 e. The van der Waals surface area contributed by atoms with Crippen LogP contribution in [-0.2, 0) is 0 Å². The second kappa shape index (κ2) is 4.65.